The fourth-order valence-electron chi connectivity index (χ4n) is 1.52. The standard InChI is InChI=1S/C12H14N4OS/c1-17-10-11(13)14-7-15-12(10)16-8-4-3-5-9(6-8)18-2/h3-7H,1-2H3,(H3,13,14,15,16). The van der Waals surface area contributed by atoms with Gasteiger partial charge in [-0.1, -0.05) is 6.07 Å². The summed E-state index contributed by atoms with van der Waals surface area (Å²) in [6.45, 7) is 0. The number of thioether (sulfide) groups is 1. The Morgan fingerprint density at radius 2 is 2.17 bits per heavy atom. The number of rotatable bonds is 4. The molecule has 0 saturated carbocycles. The number of anilines is 3. The number of methoxy groups -OCH3 is 1. The van der Waals surface area contributed by atoms with Crippen LogP contribution in [-0.2, 0) is 0 Å². The molecular weight excluding hydrogens is 248 g/mol. The van der Waals surface area contributed by atoms with E-state index < -0.39 is 0 Å². The highest BCUT2D eigenvalue weighted by Gasteiger charge is 2.09. The van der Waals surface area contributed by atoms with Gasteiger partial charge in [-0.3, -0.25) is 0 Å². The molecule has 2 rings (SSSR count). The van der Waals surface area contributed by atoms with Crippen molar-refractivity contribution in [1.29, 1.82) is 0 Å². The molecule has 0 spiro atoms. The molecule has 0 aliphatic rings. The number of nitrogen functional groups attached to an aromatic ring is 1. The lowest BCUT2D eigenvalue weighted by atomic mass is 10.3. The number of hydrogen-bond donors (Lipinski definition) is 2. The molecule has 0 bridgehead atoms. The summed E-state index contributed by atoms with van der Waals surface area (Å²) in [5, 5.41) is 3.17. The maximum absolute atomic E-state index is 5.72. The van der Waals surface area contributed by atoms with Crippen molar-refractivity contribution >= 4 is 29.1 Å². The lowest BCUT2D eigenvalue weighted by molar-refractivity contribution is 0.415. The number of nitrogens with one attached hydrogen (secondary N) is 1. The summed E-state index contributed by atoms with van der Waals surface area (Å²) in [7, 11) is 1.54. The van der Waals surface area contributed by atoms with Crippen molar-refractivity contribution < 1.29 is 4.74 Å². The van der Waals surface area contributed by atoms with Crippen LogP contribution in [0.5, 0.6) is 5.75 Å². The molecule has 0 radical (unpaired) electrons. The zero-order chi connectivity index (χ0) is 13.0. The predicted octanol–water partition coefficient (Wildman–Crippen LogP) is 2.53. The number of nitrogens with zero attached hydrogens (tertiary/aromatic N) is 2. The summed E-state index contributed by atoms with van der Waals surface area (Å²) in [5.41, 5.74) is 6.65. The van der Waals surface area contributed by atoms with Gasteiger partial charge in [0.2, 0.25) is 5.75 Å². The van der Waals surface area contributed by atoms with Crippen LogP contribution in [0.2, 0.25) is 0 Å². The zero-order valence-corrected chi connectivity index (χ0v) is 11.0. The Morgan fingerprint density at radius 3 is 2.89 bits per heavy atom. The Morgan fingerprint density at radius 1 is 1.33 bits per heavy atom. The molecule has 0 unspecified atom stereocenters. The molecular formula is C12H14N4OS. The van der Waals surface area contributed by atoms with Crippen molar-refractivity contribution in [3.63, 3.8) is 0 Å². The fourth-order valence-corrected chi connectivity index (χ4v) is 1.97. The summed E-state index contributed by atoms with van der Waals surface area (Å²) >= 11 is 1.68. The molecule has 0 saturated heterocycles. The van der Waals surface area contributed by atoms with Crippen LogP contribution < -0.4 is 15.8 Å². The Balaban J connectivity index is 2.30. The molecule has 1 heterocycles. The van der Waals surface area contributed by atoms with E-state index in [1.165, 1.54) is 11.2 Å². The van der Waals surface area contributed by atoms with E-state index in [1.807, 2.05) is 30.5 Å². The van der Waals surface area contributed by atoms with E-state index in [0.717, 1.165) is 5.69 Å². The molecule has 5 nitrogen and oxygen atoms in total. The van der Waals surface area contributed by atoms with E-state index in [9.17, 15) is 0 Å². The highest BCUT2D eigenvalue weighted by Crippen LogP contribution is 2.30. The topological polar surface area (TPSA) is 73.1 Å². The van der Waals surface area contributed by atoms with Gasteiger partial charge in [0, 0.05) is 10.6 Å². The van der Waals surface area contributed by atoms with Gasteiger partial charge < -0.3 is 15.8 Å². The molecule has 18 heavy (non-hydrogen) atoms. The molecule has 0 atom stereocenters. The van der Waals surface area contributed by atoms with Crippen molar-refractivity contribution in [2.24, 2.45) is 0 Å². The van der Waals surface area contributed by atoms with Gasteiger partial charge in [0.15, 0.2) is 11.6 Å². The van der Waals surface area contributed by atoms with Crippen molar-refractivity contribution in [1.82, 2.24) is 9.97 Å². The third-order valence-electron chi connectivity index (χ3n) is 2.37. The van der Waals surface area contributed by atoms with E-state index in [0.29, 0.717) is 17.4 Å². The summed E-state index contributed by atoms with van der Waals surface area (Å²) in [4.78, 5) is 9.18. The first-order valence-corrected chi connectivity index (χ1v) is 6.52. The van der Waals surface area contributed by atoms with Crippen LogP contribution in [0.25, 0.3) is 0 Å². The van der Waals surface area contributed by atoms with Gasteiger partial charge in [0.1, 0.15) is 6.33 Å². The fraction of sp³-hybridized carbons (Fsp3) is 0.167. The number of benzene rings is 1. The van der Waals surface area contributed by atoms with Gasteiger partial charge in [-0.05, 0) is 24.5 Å². The van der Waals surface area contributed by atoms with Gasteiger partial charge >= 0.3 is 0 Å². The first-order chi connectivity index (χ1) is 8.74. The number of ether oxygens (including phenoxy) is 1. The van der Waals surface area contributed by atoms with Crippen LogP contribution in [0.3, 0.4) is 0 Å². The van der Waals surface area contributed by atoms with Crippen LogP contribution in [0.15, 0.2) is 35.5 Å². The summed E-state index contributed by atoms with van der Waals surface area (Å²) in [6.07, 6.45) is 3.43. The van der Waals surface area contributed by atoms with Crippen LogP contribution in [-0.4, -0.2) is 23.3 Å². The molecule has 3 N–H and O–H groups in total. The molecule has 0 amide bonds. The highest BCUT2D eigenvalue weighted by atomic mass is 32.2. The third kappa shape index (κ3) is 2.65. The van der Waals surface area contributed by atoms with Crippen LogP contribution in [0.4, 0.5) is 17.3 Å². The van der Waals surface area contributed by atoms with Crippen LogP contribution >= 0.6 is 11.8 Å². The second-order valence-electron chi connectivity index (χ2n) is 3.50. The molecule has 94 valence electrons. The van der Waals surface area contributed by atoms with Gasteiger partial charge in [0.05, 0.1) is 7.11 Å². The second-order valence-corrected chi connectivity index (χ2v) is 4.38. The van der Waals surface area contributed by atoms with Crippen molar-refractivity contribution in [3.8, 4) is 5.75 Å². The minimum Gasteiger partial charge on any atom is -0.490 e. The smallest absolute Gasteiger partial charge is 0.204 e. The Labute approximate surface area is 110 Å². The second kappa shape index (κ2) is 5.59. The average Bonchev–Trinajstić information content (AvgIpc) is 2.39. The normalized spacial score (nSPS) is 10.1. The maximum Gasteiger partial charge on any atom is 0.204 e. The minimum absolute atomic E-state index is 0.316. The molecule has 1 aromatic carbocycles. The molecule has 1 aromatic heterocycles. The Bertz CT molecular complexity index is 547. The maximum atomic E-state index is 5.72. The SMILES string of the molecule is COc1c(N)ncnc1Nc1cccc(SC)c1. The molecule has 0 fully saturated rings. The molecule has 0 aliphatic heterocycles. The van der Waals surface area contributed by atoms with Crippen LogP contribution in [0.1, 0.15) is 0 Å². The van der Waals surface area contributed by atoms with Crippen LogP contribution in [0, 0.1) is 0 Å². The van der Waals surface area contributed by atoms with Gasteiger partial charge in [-0.2, -0.15) is 0 Å². The van der Waals surface area contributed by atoms with Crippen molar-refractivity contribution in [2.75, 3.05) is 24.4 Å². The van der Waals surface area contributed by atoms with Crippen molar-refractivity contribution in [3.05, 3.63) is 30.6 Å². The largest absolute Gasteiger partial charge is 0.490 e. The van der Waals surface area contributed by atoms with Gasteiger partial charge in [-0.15, -0.1) is 11.8 Å². The molecule has 6 heteroatoms. The summed E-state index contributed by atoms with van der Waals surface area (Å²) in [5.74, 6) is 1.33. The van der Waals surface area contributed by atoms with Crippen molar-refractivity contribution in [2.45, 2.75) is 4.90 Å². The summed E-state index contributed by atoms with van der Waals surface area (Å²) < 4.78 is 5.19. The number of hydrogen-bond acceptors (Lipinski definition) is 6. The predicted molar refractivity (Wildman–Crippen MR) is 74.5 cm³/mol. The van der Waals surface area contributed by atoms with E-state index in [-0.39, 0.29) is 0 Å². The minimum atomic E-state index is 0.316. The number of nitrogens with two attached hydrogens (primary N) is 1. The highest BCUT2D eigenvalue weighted by molar-refractivity contribution is 7.98. The zero-order valence-electron chi connectivity index (χ0n) is 10.2. The van der Waals surface area contributed by atoms with Gasteiger partial charge in [0.25, 0.3) is 0 Å². The van der Waals surface area contributed by atoms with E-state index in [2.05, 4.69) is 15.3 Å². The average molecular weight is 262 g/mol. The number of aromatic nitrogens is 2. The van der Waals surface area contributed by atoms with Gasteiger partial charge in [-0.25, -0.2) is 9.97 Å². The Hall–Kier alpha value is -1.95. The first-order valence-electron chi connectivity index (χ1n) is 5.30. The molecule has 2 aromatic rings. The van der Waals surface area contributed by atoms with E-state index >= 15 is 0 Å². The monoisotopic (exact) mass is 262 g/mol. The summed E-state index contributed by atoms with van der Waals surface area (Å²) in [6, 6.07) is 8.01. The lowest BCUT2D eigenvalue weighted by Crippen LogP contribution is -2.02. The first kappa shape index (κ1) is 12.5. The molecule has 0 aliphatic carbocycles. The van der Waals surface area contributed by atoms with E-state index in [1.54, 1.807) is 18.9 Å². The quantitative estimate of drug-likeness (QED) is 0.825. The Kier molecular flexibility index (Phi) is 3.88. The third-order valence-corrected chi connectivity index (χ3v) is 3.09. The van der Waals surface area contributed by atoms with E-state index in [4.69, 9.17) is 10.5 Å². The lowest BCUT2D eigenvalue weighted by Gasteiger charge is -2.11.